The Bertz CT molecular complexity index is 846. The minimum Gasteiger partial charge on any atom is -0.385 e. The number of nitrogens with zero attached hydrogens (tertiary/aromatic N) is 3. The van der Waals surface area contributed by atoms with Crippen molar-refractivity contribution in [2.45, 2.75) is 39.3 Å². The maximum absolute atomic E-state index is 12.9. The molecule has 148 valence electrons. The molecule has 0 bridgehead atoms. The van der Waals surface area contributed by atoms with E-state index in [2.05, 4.69) is 35.5 Å². The Kier molecular flexibility index (Phi) is 6.03. The van der Waals surface area contributed by atoms with Gasteiger partial charge in [0, 0.05) is 44.6 Å². The van der Waals surface area contributed by atoms with Crippen molar-refractivity contribution in [3.05, 3.63) is 54.1 Å². The molecule has 0 radical (unpaired) electrons. The molecule has 3 rings (SSSR count). The molecule has 2 aromatic rings. The third kappa shape index (κ3) is 4.42. The van der Waals surface area contributed by atoms with Crippen LogP contribution in [0.25, 0.3) is 0 Å². The second kappa shape index (κ2) is 8.12. The largest absolute Gasteiger partial charge is 0.385 e. The van der Waals surface area contributed by atoms with E-state index in [9.17, 15) is 8.42 Å². The number of aromatic nitrogens is 2. The van der Waals surface area contributed by atoms with Gasteiger partial charge in [0.05, 0.1) is 11.8 Å². The zero-order chi connectivity index (χ0) is 19.5. The molecule has 0 spiro atoms. The zero-order valence-electron chi connectivity index (χ0n) is 16.3. The summed E-state index contributed by atoms with van der Waals surface area (Å²) >= 11 is 0. The normalized spacial score (nSPS) is 19.7. The van der Waals surface area contributed by atoms with Crippen LogP contribution < -0.4 is 0 Å². The van der Waals surface area contributed by atoms with Gasteiger partial charge in [0.25, 0.3) is 0 Å². The fraction of sp³-hybridized carbons (Fsp3) is 0.550. The molecule has 7 heteroatoms. The summed E-state index contributed by atoms with van der Waals surface area (Å²) in [4.78, 5) is 4.54. The maximum Gasteiger partial charge on any atom is 0.214 e. The van der Waals surface area contributed by atoms with Gasteiger partial charge in [-0.15, -0.1) is 0 Å². The van der Waals surface area contributed by atoms with Gasteiger partial charge in [0.1, 0.15) is 5.82 Å². The van der Waals surface area contributed by atoms with Crippen LogP contribution in [0.4, 0.5) is 0 Å². The number of imidazole rings is 1. The van der Waals surface area contributed by atoms with Crippen molar-refractivity contribution < 1.29 is 13.2 Å². The van der Waals surface area contributed by atoms with E-state index < -0.39 is 10.0 Å². The van der Waals surface area contributed by atoms with Gasteiger partial charge in [-0.1, -0.05) is 44.2 Å². The predicted octanol–water partition coefficient (Wildman–Crippen LogP) is 3.07. The summed E-state index contributed by atoms with van der Waals surface area (Å²) in [6.45, 7) is 6.02. The van der Waals surface area contributed by atoms with Gasteiger partial charge < -0.3 is 9.30 Å². The van der Waals surface area contributed by atoms with Crippen molar-refractivity contribution in [2.24, 2.45) is 5.41 Å². The van der Waals surface area contributed by atoms with Gasteiger partial charge in [-0.2, -0.15) is 4.31 Å². The van der Waals surface area contributed by atoms with Crippen molar-refractivity contribution in [1.82, 2.24) is 13.9 Å². The summed E-state index contributed by atoms with van der Waals surface area (Å²) in [5, 5.41) is 0. The second-order valence-electron chi connectivity index (χ2n) is 7.85. The molecule has 0 aliphatic carbocycles. The van der Waals surface area contributed by atoms with Crippen LogP contribution >= 0.6 is 0 Å². The fourth-order valence-corrected chi connectivity index (χ4v) is 5.76. The number of sulfonamides is 1. The highest BCUT2D eigenvalue weighted by molar-refractivity contribution is 7.89. The first-order valence-electron chi connectivity index (χ1n) is 9.38. The van der Waals surface area contributed by atoms with E-state index in [4.69, 9.17) is 4.74 Å². The summed E-state index contributed by atoms with van der Waals surface area (Å²) in [7, 11) is -1.68. The molecule has 1 fully saturated rings. The summed E-state index contributed by atoms with van der Waals surface area (Å²) in [6, 6.07) is 9.92. The Labute approximate surface area is 162 Å². The Morgan fingerprint density at radius 3 is 2.63 bits per heavy atom. The van der Waals surface area contributed by atoms with E-state index in [1.165, 1.54) is 5.56 Å². The molecule has 1 atom stereocenters. The first kappa shape index (κ1) is 20.0. The highest BCUT2D eigenvalue weighted by atomic mass is 32.2. The molecular formula is C20H29N3O3S. The zero-order valence-corrected chi connectivity index (χ0v) is 17.2. The number of hydrogen-bond acceptors (Lipinski definition) is 4. The molecule has 1 aromatic carbocycles. The highest BCUT2D eigenvalue weighted by Crippen LogP contribution is 2.49. The van der Waals surface area contributed by atoms with Gasteiger partial charge in [-0.05, 0) is 18.4 Å². The van der Waals surface area contributed by atoms with E-state index in [0.29, 0.717) is 26.1 Å². The molecule has 0 saturated carbocycles. The summed E-state index contributed by atoms with van der Waals surface area (Å²) in [5.41, 5.74) is 1.03. The first-order chi connectivity index (χ1) is 12.8. The van der Waals surface area contributed by atoms with Crippen molar-refractivity contribution >= 4 is 10.0 Å². The molecule has 0 N–H and O–H groups in total. The van der Waals surface area contributed by atoms with Crippen LogP contribution in [-0.4, -0.2) is 48.3 Å². The molecule has 2 heterocycles. The second-order valence-corrected chi connectivity index (χ2v) is 9.89. The first-order valence-corrected chi connectivity index (χ1v) is 11.0. The monoisotopic (exact) mass is 391 g/mol. The van der Waals surface area contributed by atoms with Gasteiger partial charge in [-0.25, -0.2) is 13.4 Å². The summed E-state index contributed by atoms with van der Waals surface area (Å²) in [6.07, 6.45) is 5.05. The highest BCUT2D eigenvalue weighted by Gasteiger charge is 2.53. The van der Waals surface area contributed by atoms with E-state index in [-0.39, 0.29) is 17.2 Å². The minimum absolute atomic E-state index is 0.139. The Morgan fingerprint density at radius 1 is 1.22 bits per heavy atom. The number of methoxy groups -OCH3 is 1. The van der Waals surface area contributed by atoms with E-state index in [1.54, 1.807) is 17.6 Å². The van der Waals surface area contributed by atoms with Crippen LogP contribution in [-0.2, 0) is 21.3 Å². The fourth-order valence-electron chi connectivity index (χ4n) is 3.72. The minimum atomic E-state index is -3.32. The lowest BCUT2D eigenvalue weighted by molar-refractivity contribution is 0.0116. The lowest BCUT2D eigenvalue weighted by atomic mass is 9.76. The number of unbranched alkanes of at least 4 members (excludes halogenated alkanes) is 1. The lowest BCUT2D eigenvalue weighted by Crippen LogP contribution is -2.59. The van der Waals surface area contributed by atoms with E-state index in [0.717, 1.165) is 12.2 Å². The molecule has 27 heavy (non-hydrogen) atoms. The maximum atomic E-state index is 12.9. The van der Waals surface area contributed by atoms with Gasteiger partial charge in [0.2, 0.25) is 10.0 Å². The molecule has 1 saturated heterocycles. The number of hydrogen-bond donors (Lipinski definition) is 0. The van der Waals surface area contributed by atoms with Gasteiger partial charge in [-0.3, -0.25) is 0 Å². The van der Waals surface area contributed by atoms with Crippen molar-refractivity contribution in [3.8, 4) is 0 Å². The van der Waals surface area contributed by atoms with Crippen LogP contribution in [0, 0.1) is 5.41 Å². The SMILES string of the molecule is COCCCCS(=O)(=O)N1CC(C)(C)C1c1nccn1Cc1ccccc1. The predicted molar refractivity (Wildman–Crippen MR) is 106 cm³/mol. The Morgan fingerprint density at radius 2 is 1.96 bits per heavy atom. The summed E-state index contributed by atoms with van der Waals surface area (Å²) < 4.78 is 34.5. The number of ether oxygens (including phenoxy) is 1. The van der Waals surface area contributed by atoms with Gasteiger partial charge >= 0.3 is 0 Å². The van der Waals surface area contributed by atoms with Crippen molar-refractivity contribution in [3.63, 3.8) is 0 Å². The molecule has 6 nitrogen and oxygen atoms in total. The molecule has 1 aromatic heterocycles. The molecule has 0 amide bonds. The lowest BCUT2D eigenvalue weighted by Gasteiger charge is -2.52. The third-order valence-corrected chi connectivity index (χ3v) is 7.00. The molecule has 1 aliphatic heterocycles. The van der Waals surface area contributed by atoms with Crippen LogP contribution in [0.5, 0.6) is 0 Å². The smallest absolute Gasteiger partial charge is 0.214 e. The van der Waals surface area contributed by atoms with Crippen LogP contribution in [0.3, 0.4) is 0 Å². The Hall–Kier alpha value is -1.70. The molecule has 1 unspecified atom stereocenters. The average molecular weight is 392 g/mol. The summed E-state index contributed by atoms with van der Waals surface area (Å²) in [5.74, 6) is 0.970. The van der Waals surface area contributed by atoms with E-state index in [1.807, 2.05) is 24.4 Å². The topological polar surface area (TPSA) is 64.4 Å². The van der Waals surface area contributed by atoms with Crippen LogP contribution in [0.1, 0.15) is 44.1 Å². The third-order valence-electron chi connectivity index (χ3n) is 5.14. The standard InChI is InChI=1S/C20H29N3O3S/c1-20(2)16-23(27(24,25)14-8-7-13-26-3)18(20)19-21-11-12-22(19)15-17-9-5-4-6-10-17/h4-6,9-12,18H,7-8,13-16H2,1-3H3. The Balaban J connectivity index is 1.79. The quantitative estimate of drug-likeness (QED) is 0.616. The molecule has 1 aliphatic rings. The number of rotatable bonds is 9. The molecular weight excluding hydrogens is 362 g/mol. The van der Waals surface area contributed by atoms with E-state index >= 15 is 0 Å². The average Bonchev–Trinajstić information content (AvgIpc) is 3.05. The van der Waals surface area contributed by atoms with Gasteiger partial charge in [0.15, 0.2) is 0 Å². The van der Waals surface area contributed by atoms with Crippen molar-refractivity contribution in [1.29, 1.82) is 0 Å². The van der Waals surface area contributed by atoms with Crippen LogP contribution in [0.2, 0.25) is 0 Å². The number of benzene rings is 1. The van der Waals surface area contributed by atoms with Crippen molar-refractivity contribution in [2.75, 3.05) is 26.0 Å². The van der Waals surface area contributed by atoms with Crippen LogP contribution in [0.15, 0.2) is 42.7 Å².